The van der Waals surface area contributed by atoms with E-state index in [-0.39, 0.29) is 28.4 Å². The molecule has 5 heteroatoms. The number of hydrogen-bond donors (Lipinski definition) is 0. The van der Waals surface area contributed by atoms with Gasteiger partial charge in [0.2, 0.25) is 0 Å². The highest BCUT2D eigenvalue weighted by Crippen LogP contribution is 2.28. The van der Waals surface area contributed by atoms with E-state index in [1.54, 1.807) is 10.9 Å². The van der Waals surface area contributed by atoms with Crippen molar-refractivity contribution in [3.63, 3.8) is 0 Å². The van der Waals surface area contributed by atoms with Crippen molar-refractivity contribution in [2.75, 3.05) is 0 Å². The van der Waals surface area contributed by atoms with Gasteiger partial charge in [-0.2, -0.15) is 5.10 Å². The molecular formula is C16H18F2N2O. The van der Waals surface area contributed by atoms with Crippen LogP contribution >= 0.6 is 0 Å². The molecule has 0 saturated carbocycles. The van der Waals surface area contributed by atoms with Crippen molar-refractivity contribution in [2.45, 2.75) is 39.7 Å². The molecule has 3 nitrogen and oxygen atoms in total. The summed E-state index contributed by atoms with van der Waals surface area (Å²) in [6, 6.07) is 2.35. The van der Waals surface area contributed by atoms with Crippen LogP contribution < -0.4 is 0 Å². The van der Waals surface area contributed by atoms with Crippen LogP contribution in [0.25, 0.3) is 11.3 Å². The molecule has 0 spiro atoms. The number of aldehydes is 1. The fourth-order valence-electron chi connectivity index (χ4n) is 2.38. The number of aryl methyl sites for hydroxylation is 1. The first-order valence-corrected chi connectivity index (χ1v) is 7.02. The molecule has 0 fully saturated rings. The lowest BCUT2D eigenvalue weighted by atomic mass is 10.1. The summed E-state index contributed by atoms with van der Waals surface area (Å²) >= 11 is 0. The predicted octanol–water partition coefficient (Wildman–Crippen LogP) is 4.31. The monoisotopic (exact) mass is 292 g/mol. The lowest BCUT2D eigenvalue weighted by molar-refractivity contribution is 0.112. The van der Waals surface area contributed by atoms with Gasteiger partial charge in [-0.1, -0.05) is 13.8 Å². The predicted molar refractivity (Wildman–Crippen MR) is 77.3 cm³/mol. The van der Waals surface area contributed by atoms with Crippen LogP contribution in [0.4, 0.5) is 8.78 Å². The second-order valence-corrected chi connectivity index (χ2v) is 5.08. The van der Waals surface area contributed by atoms with Crippen molar-refractivity contribution in [3.8, 4) is 11.3 Å². The van der Waals surface area contributed by atoms with Crippen LogP contribution in [0.3, 0.4) is 0 Å². The SMILES string of the molecule is CCC(CC)n1cc(C=O)c(-c2cc(F)c(C)cc2F)n1. The average molecular weight is 292 g/mol. The zero-order valence-corrected chi connectivity index (χ0v) is 12.4. The molecule has 0 radical (unpaired) electrons. The van der Waals surface area contributed by atoms with Gasteiger partial charge in [0, 0.05) is 11.8 Å². The van der Waals surface area contributed by atoms with E-state index >= 15 is 0 Å². The lowest BCUT2D eigenvalue weighted by Crippen LogP contribution is -2.07. The molecule has 0 aliphatic rings. The third kappa shape index (κ3) is 2.86. The van der Waals surface area contributed by atoms with Gasteiger partial charge < -0.3 is 0 Å². The third-order valence-electron chi connectivity index (χ3n) is 3.71. The molecule has 1 aromatic heterocycles. The Morgan fingerprint density at radius 3 is 2.48 bits per heavy atom. The minimum atomic E-state index is -0.577. The summed E-state index contributed by atoms with van der Waals surface area (Å²) in [7, 11) is 0. The van der Waals surface area contributed by atoms with Crippen molar-refractivity contribution < 1.29 is 13.6 Å². The molecule has 0 atom stereocenters. The first kappa shape index (κ1) is 15.4. The lowest BCUT2D eigenvalue weighted by Gasteiger charge is -2.12. The highest BCUT2D eigenvalue weighted by molar-refractivity contribution is 5.85. The Labute approximate surface area is 122 Å². The Morgan fingerprint density at radius 1 is 1.24 bits per heavy atom. The Kier molecular flexibility index (Phi) is 4.50. The molecule has 2 rings (SSSR count). The molecule has 1 aromatic carbocycles. The number of carbonyl (C=O) groups excluding carboxylic acids is 1. The maximum atomic E-state index is 14.1. The second-order valence-electron chi connectivity index (χ2n) is 5.08. The smallest absolute Gasteiger partial charge is 0.153 e. The van der Waals surface area contributed by atoms with Gasteiger partial charge in [0.25, 0.3) is 0 Å². The van der Waals surface area contributed by atoms with E-state index in [0.717, 1.165) is 25.0 Å². The quantitative estimate of drug-likeness (QED) is 0.770. The molecular weight excluding hydrogens is 274 g/mol. The molecule has 0 N–H and O–H groups in total. The van der Waals surface area contributed by atoms with Gasteiger partial charge in [-0.15, -0.1) is 0 Å². The molecule has 0 aliphatic heterocycles. The van der Waals surface area contributed by atoms with E-state index in [0.29, 0.717) is 6.29 Å². The van der Waals surface area contributed by atoms with Crippen LogP contribution in [0.15, 0.2) is 18.3 Å². The van der Waals surface area contributed by atoms with Gasteiger partial charge in [0.15, 0.2) is 6.29 Å². The fourth-order valence-corrected chi connectivity index (χ4v) is 2.38. The highest BCUT2D eigenvalue weighted by atomic mass is 19.1. The standard InChI is InChI=1S/C16H18F2N2O/c1-4-12(5-2)20-8-11(9-21)16(19-20)13-7-14(17)10(3)6-15(13)18/h6-9,12H,4-5H2,1-3H3. The number of nitrogens with zero attached hydrogens (tertiary/aromatic N) is 2. The van der Waals surface area contributed by atoms with Crippen LogP contribution in [-0.2, 0) is 0 Å². The fraction of sp³-hybridized carbons (Fsp3) is 0.375. The molecule has 21 heavy (non-hydrogen) atoms. The number of aromatic nitrogens is 2. The summed E-state index contributed by atoms with van der Waals surface area (Å²) in [4.78, 5) is 11.2. The van der Waals surface area contributed by atoms with Crippen molar-refractivity contribution in [3.05, 3.63) is 41.1 Å². The number of halogens is 2. The van der Waals surface area contributed by atoms with Gasteiger partial charge in [-0.3, -0.25) is 9.48 Å². The maximum absolute atomic E-state index is 14.1. The largest absolute Gasteiger partial charge is 0.298 e. The normalized spacial score (nSPS) is 11.1. The van der Waals surface area contributed by atoms with E-state index in [9.17, 15) is 13.6 Å². The third-order valence-corrected chi connectivity index (χ3v) is 3.71. The Balaban J connectivity index is 2.58. The number of rotatable bonds is 5. The van der Waals surface area contributed by atoms with Crippen LogP contribution in [0.5, 0.6) is 0 Å². The molecule has 112 valence electrons. The summed E-state index contributed by atoms with van der Waals surface area (Å²) in [5.41, 5.74) is 0.700. The van der Waals surface area contributed by atoms with E-state index < -0.39 is 11.6 Å². The molecule has 0 saturated heterocycles. The summed E-state index contributed by atoms with van der Waals surface area (Å²) in [6.07, 6.45) is 3.91. The zero-order valence-electron chi connectivity index (χ0n) is 12.4. The van der Waals surface area contributed by atoms with Crippen molar-refractivity contribution in [1.82, 2.24) is 9.78 Å². The first-order valence-electron chi connectivity index (χ1n) is 7.02. The zero-order chi connectivity index (χ0) is 15.6. The minimum Gasteiger partial charge on any atom is -0.298 e. The second kappa shape index (κ2) is 6.16. The molecule has 0 unspecified atom stereocenters. The van der Waals surface area contributed by atoms with Gasteiger partial charge >= 0.3 is 0 Å². The minimum absolute atomic E-state index is 0.0184. The van der Waals surface area contributed by atoms with Gasteiger partial charge in [-0.25, -0.2) is 8.78 Å². The van der Waals surface area contributed by atoms with Crippen molar-refractivity contribution in [2.24, 2.45) is 0 Å². The van der Waals surface area contributed by atoms with E-state index in [2.05, 4.69) is 5.10 Å². The van der Waals surface area contributed by atoms with Gasteiger partial charge in [0.05, 0.1) is 11.6 Å². The van der Waals surface area contributed by atoms with E-state index in [4.69, 9.17) is 0 Å². The highest BCUT2D eigenvalue weighted by Gasteiger charge is 2.18. The maximum Gasteiger partial charge on any atom is 0.153 e. The number of carbonyl (C=O) groups is 1. The molecule has 0 aliphatic carbocycles. The summed E-state index contributed by atoms with van der Waals surface area (Å²) < 4.78 is 29.4. The first-order chi connectivity index (χ1) is 10.0. The topological polar surface area (TPSA) is 34.9 Å². The Bertz CT molecular complexity index is 661. The summed E-state index contributed by atoms with van der Waals surface area (Å²) in [6.45, 7) is 5.52. The van der Waals surface area contributed by atoms with Crippen LogP contribution in [-0.4, -0.2) is 16.1 Å². The Hall–Kier alpha value is -2.04. The van der Waals surface area contributed by atoms with Crippen molar-refractivity contribution >= 4 is 6.29 Å². The number of hydrogen-bond acceptors (Lipinski definition) is 2. The number of benzene rings is 1. The van der Waals surface area contributed by atoms with E-state index in [1.165, 1.54) is 6.92 Å². The molecule has 2 aromatic rings. The molecule has 0 bridgehead atoms. The summed E-state index contributed by atoms with van der Waals surface area (Å²) in [5, 5.41) is 4.30. The van der Waals surface area contributed by atoms with Crippen LogP contribution in [0.1, 0.15) is 48.7 Å². The van der Waals surface area contributed by atoms with Gasteiger partial charge in [-0.05, 0) is 37.5 Å². The van der Waals surface area contributed by atoms with Gasteiger partial charge in [0.1, 0.15) is 17.3 Å². The molecule has 0 amide bonds. The average Bonchev–Trinajstić information content (AvgIpc) is 2.88. The van der Waals surface area contributed by atoms with Crippen LogP contribution in [0.2, 0.25) is 0 Å². The van der Waals surface area contributed by atoms with Crippen molar-refractivity contribution in [1.29, 1.82) is 0 Å². The Morgan fingerprint density at radius 2 is 1.90 bits per heavy atom. The molecule has 1 heterocycles. The van der Waals surface area contributed by atoms with E-state index in [1.807, 2.05) is 13.8 Å². The summed E-state index contributed by atoms with van der Waals surface area (Å²) in [5.74, 6) is -1.09. The van der Waals surface area contributed by atoms with Crippen LogP contribution in [0, 0.1) is 18.6 Å².